The number of anilines is 1. The van der Waals surface area contributed by atoms with E-state index < -0.39 is 46.6 Å². The first-order valence-electron chi connectivity index (χ1n) is 10.3. The molecule has 0 saturated heterocycles. The lowest BCUT2D eigenvalue weighted by atomic mass is 9.90. The molecule has 2 atom stereocenters. The Morgan fingerprint density at radius 3 is 2.39 bits per heavy atom. The van der Waals surface area contributed by atoms with Gasteiger partial charge in [-0.1, -0.05) is 29.8 Å². The van der Waals surface area contributed by atoms with E-state index in [1.54, 1.807) is 0 Å². The third-order valence-electron chi connectivity index (χ3n) is 5.46. The van der Waals surface area contributed by atoms with Gasteiger partial charge in [-0.15, -0.1) is 0 Å². The van der Waals surface area contributed by atoms with Crippen molar-refractivity contribution in [1.82, 2.24) is 4.98 Å². The molecule has 0 saturated carbocycles. The van der Waals surface area contributed by atoms with Gasteiger partial charge in [-0.05, 0) is 54.3 Å². The fourth-order valence-electron chi connectivity index (χ4n) is 3.59. The van der Waals surface area contributed by atoms with Gasteiger partial charge in [-0.3, -0.25) is 13.7 Å². The summed E-state index contributed by atoms with van der Waals surface area (Å²) in [6, 6.07) is 8.95. The van der Waals surface area contributed by atoms with Crippen LogP contribution in [-0.4, -0.2) is 26.7 Å². The number of pyridine rings is 1. The highest BCUT2D eigenvalue weighted by atomic mass is 35.5. The maximum Gasteiger partial charge on any atom is 0.433 e. The molecule has 3 aromatic rings. The van der Waals surface area contributed by atoms with Gasteiger partial charge in [0.05, 0.1) is 22.3 Å². The summed E-state index contributed by atoms with van der Waals surface area (Å²) in [6.07, 6.45) is -4.80. The van der Waals surface area contributed by atoms with Crippen LogP contribution < -0.4 is 10.0 Å². The molecule has 0 fully saturated rings. The lowest BCUT2D eigenvalue weighted by Gasteiger charge is -2.19. The molecule has 0 aliphatic rings. The predicted octanol–water partition coefficient (Wildman–Crippen LogP) is 5.47. The molecule has 0 bridgehead atoms. The first-order valence-corrected chi connectivity index (χ1v) is 11.7. The zero-order chi connectivity index (χ0) is 26.8. The van der Waals surface area contributed by atoms with Gasteiger partial charge in [0.1, 0.15) is 17.3 Å². The molecule has 2 aromatic carbocycles. The van der Waals surface area contributed by atoms with Crippen LogP contribution in [0.15, 0.2) is 48.5 Å². The van der Waals surface area contributed by atoms with Crippen molar-refractivity contribution < 1.29 is 35.5 Å². The number of aryl methyl sites for hydroxylation is 1. The van der Waals surface area contributed by atoms with Gasteiger partial charge < -0.3 is 5.73 Å². The minimum absolute atomic E-state index is 0.0117. The van der Waals surface area contributed by atoms with Crippen LogP contribution in [-0.2, 0) is 28.7 Å². The summed E-state index contributed by atoms with van der Waals surface area (Å²) >= 11 is 3.21. The minimum Gasteiger partial charge on any atom is -0.369 e. The molecule has 1 aromatic heterocycles. The van der Waals surface area contributed by atoms with Crippen LogP contribution in [0.3, 0.4) is 0 Å². The topological polar surface area (TPSA) is 96.5 Å². The molecule has 3 rings (SSSR count). The number of carbonyl (C=O) groups excluding carboxylic acids is 1. The van der Waals surface area contributed by atoms with Crippen LogP contribution in [0.1, 0.15) is 29.2 Å². The van der Waals surface area contributed by atoms with E-state index >= 15 is 0 Å². The number of hydrogen-bond acceptors (Lipinski definition) is 3. The van der Waals surface area contributed by atoms with E-state index in [9.17, 15) is 31.0 Å². The third kappa shape index (κ3) is 6.18. The van der Waals surface area contributed by atoms with E-state index in [1.807, 2.05) is 0 Å². The standard InChI is InChI=1S/C23H19ClF5N3O3S/c1-32(36(34)35)19-8-4-13(10-18(19)26)15(22(30)33)6-2-12-5-9-20(23(27,28)29)31-21(12)14-3-7-16(24)17(25)11-14/h3-5,7-11,15H,2,6H2,1H3,(H2,30,33)(H,34,35). The van der Waals surface area contributed by atoms with Gasteiger partial charge >= 0.3 is 6.18 Å². The number of alkyl halides is 3. The number of carbonyl (C=O) groups is 1. The first kappa shape index (κ1) is 27.5. The number of amides is 1. The Labute approximate surface area is 210 Å². The molecule has 0 radical (unpaired) electrons. The van der Waals surface area contributed by atoms with Gasteiger partial charge in [-0.2, -0.15) is 13.2 Å². The molecular formula is C23H19ClF5N3O3S. The van der Waals surface area contributed by atoms with E-state index in [1.165, 1.54) is 37.4 Å². The van der Waals surface area contributed by atoms with Crippen LogP contribution in [0.25, 0.3) is 11.3 Å². The number of primary amides is 1. The molecule has 3 N–H and O–H groups in total. The summed E-state index contributed by atoms with van der Waals surface area (Å²) in [5, 5.41) is -0.220. The average molecular weight is 548 g/mol. The minimum atomic E-state index is -4.75. The second kappa shape index (κ2) is 10.9. The van der Waals surface area contributed by atoms with Crippen molar-refractivity contribution in [3.05, 3.63) is 82.0 Å². The molecule has 36 heavy (non-hydrogen) atoms. The molecule has 1 heterocycles. The predicted molar refractivity (Wildman–Crippen MR) is 125 cm³/mol. The van der Waals surface area contributed by atoms with Gasteiger partial charge in [0.2, 0.25) is 5.91 Å². The second-order valence-corrected chi connectivity index (χ2v) is 9.18. The molecule has 0 aliphatic heterocycles. The second-order valence-electron chi connectivity index (χ2n) is 7.76. The summed E-state index contributed by atoms with van der Waals surface area (Å²) in [4.78, 5) is 15.8. The molecule has 1 amide bonds. The number of hydrogen-bond donors (Lipinski definition) is 2. The summed E-state index contributed by atoms with van der Waals surface area (Å²) in [5.41, 5.74) is 4.45. The molecule has 0 spiro atoms. The van der Waals surface area contributed by atoms with E-state index in [0.29, 0.717) is 0 Å². The molecule has 6 nitrogen and oxygen atoms in total. The molecule has 2 unspecified atom stereocenters. The lowest BCUT2D eigenvalue weighted by Crippen LogP contribution is -2.23. The molecule has 192 valence electrons. The van der Waals surface area contributed by atoms with E-state index in [4.69, 9.17) is 21.9 Å². The Balaban J connectivity index is 1.97. The Kier molecular flexibility index (Phi) is 8.32. The largest absolute Gasteiger partial charge is 0.433 e. The van der Waals surface area contributed by atoms with Gasteiger partial charge in [0, 0.05) is 12.6 Å². The van der Waals surface area contributed by atoms with Gasteiger partial charge in [0.15, 0.2) is 0 Å². The SMILES string of the molecule is CN(c1ccc(C(CCc2ccc(C(F)(F)F)nc2-c2ccc(Cl)c(F)c2)C(N)=O)cc1F)S(=O)O. The number of aromatic nitrogens is 1. The third-order valence-corrected chi connectivity index (χ3v) is 6.43. The van der Waals surface area contributed by atoms with Crippen molar-refractivity contribution in [1.29, 1.82) is 0 Å². The Bertz CT molecular complexity index is 1320. The number of halogens is 6. The maximum absolute atomic E-state index is 14.6. The summed E-state index contributed by atoms with van der Waals surface area (Å²) in [5.74, 6) is -3.59. The van der Waals surface area contributed by atoms with Crippen molar-refractivity contribution in [3.8, 4) is 11.3 Å². The van der Waals surface area contributed by atoms with Gasteiger partial charge in [-0.25, -0.2) is 18.0 Å². The number of benzene rings is 2. The Morgan fingerprint density at radius 2 is 1.83 bits per heavy atom. The van der Waals surface area contributed by atoms with Crippen LogP contribution in [0, 0.1) is 11.6 Å². The van der Waals surface area contributed by atoms with E-state index in [-0.39, 0.29) is 45.9 Å². The van der Waals surface area contributed by atoms with Crippen molar-refractivity contribution in [2.24, 2.45) is 5.73 Å². The molecule has 0 aliphatic carbocycles. The number of rotatable bonds is 8. The normalized spacial score (nSPS) is 13.3. The highest BCUT2D eigenvalue weighted by molar-refractivity contribution is 7.80. The number of nitrogens with zero attached hydrogens (tertiary/aromatic N) is 2. The molecule has 13 heteroatoms. The Morgan fingerprint density at radius 1 is 1.14 bits per heavy atom. The van der Waals surface area contributed by atoms with Gasteiger partial charge in [0.25, 0.3) is 11.3 Å². The Hall–Kier alpha value is -3.09. The average Bonchev–Trinajstić information content (AvgIpc) is 2.80. The van der Waals surface area contributed by atoms with E-state index in [2.05, 4.69) is 4.98 Å². The highest BCUT2D eigenvalue weighted by Crippen LogP contribution is 2.34. The fourth-order valence-corrected chi connectivity index (χ4v) is 4.03. The quantitative estimate of drug-likeness (QED) is 0.288. The van der Waals surface area contributed by atoms with Crippen LogP contribution in [0.2, 0.25) is 5.02 Å². The van der Waals surface area contributed by atoms with Crippen molar-refractivity contribution in [3.63, 3.8) is 0 Å². The van der Waals surface area contributed by atoms with Crippen LogP contribution in [0.5, 0.6) is 0 Å². The monoisotopic (exact) mass is 547 g/mol. The molecular weight excluding hydrogens is 529 g/mol. The van der Waals surface area contributed by atoms with Crippen LogP contribution in [0.4, 0.5) is 27.6 Å². The summed E-state index contributed by atoms with van der Waals surface area (Å²) < 4.78 is 89.6. The number of nitrogens with two attached hydrogens (primary N) is 1. The zero-order valence-electron chi connectivity index (χ0n) is 18.5. The fraction of sp³-hybridized carbons (Fsp3) is 0.217. The first-order chi connectivity index (χ1) is 16.8. The lowest BCUT2D eigenvalue weighted by molar-refractivity contribution is -0.141. The van der Waals surface area contributed by atoms with Crippen molar-refractivity contribution in [2.75, 3.05) is 11.4 Å². The van der Waals surface area contributed by atoms with Crippen LogP contribution >= 0.6 is 11.6 Å². The highest BCUT2D eigenvalue weighted by Gasteiger charge is 2.33. The summed E-state index contributed by atoms with van der Waals surface area (Å²) in [6.45, 7) is 0. The summed E-state index contributed by atoms with van der Waals surface area (Å²) in [7, 11) is 1.19. The zero-order valence-corrected chi connectivity index (χ0v) is 20.1. The van der Waals surface area contributed by atoms with Crippen molar-refractivity contribution >= 4 is 34.5 Å². The smallest absolute Gasteiger partial charge is 0.369 e. The van der Waals surface area contributed by atoms with Crippen molar-refractivity contribution in [2.45, 2.75) is 24.9 Å². The van der Waals surface area contributed by atoms with E-state index in [0.717, 1.165) is 22.5 Å². The maximum atomic E-state index is 14.6.